The van der Waals surface area contributed by atoms with Crippen molar-refractivity contribution in [3.05, 3.63) is 35.9 Å². The average Bonchev–Trinajstić information content (AvgIpc) is 2.95. The van der Waals surface area contributed by atoms with Crippen molar-refractivity contribution in [2.45, 2.75) is 51.2 Å². The summed E-state index contributed by atoms with van der Waals surface area (Å²) in [6.45, 7) is 2.50. The quantitative estimate of drug-likeness (QED) is 0.855. The van der Waals surface area contributed by atoms with Gasteiger partial charge in [0.2, 0.25) is 5.91 Å². The summed E-state index contributed by atoms with van der Waals surface area (Å²) in [5.41, 5.74) is 0.959. The Kier molecular flexibility index (Phi) is 5.72. The summed E-state index contributed by atoms with van der Waals surface area (Å²) in [6.07, 6.45) is 5.76. The third kappa shape index (κ3) is 4.08. The van der Waals surface area contributed by atoms with E-state index in [-0.39, 0.29) is 24.6 Å². The van der Waals surface area contributed by atoms with Gasteiger partial charge in [0.05, 0.1) is 0 Å². The third-order valence-electron chi connectivity index (χ3n) is 4.90. The first-order valence-corrected chi connectivity index (χ1v) is 9.02. The van der Waals surface area contributed by atoms with E-state index >= 15 is 0 Å². The van der Waals surface area contributed by atoms with Crippen LogP contribution < -0.4 is 0 Å². The zero-order valence-corrected chi connectivity index (χ0v) is 14.2. The van der Waals surface area contributed by atoms with E-state index in [2.05, 4.69) is 0 Å². The molecule has 1 aromatic carbocycles. The largest absolute Gasteiger partial charge is 0.445 e. The highest BCUT2D eigenvalue weighted by molar-refractivity contribution is 5.86. The third-order valence-corrected chi connectivity index (χ3v) is 4.90. The molecular weight excluding hydrogens is 304 g/mol. The molecule has 1 atom stereocenters. The van der Waals surface area contributed by atoms with Gasteiger partial charge in [-0.3, -0.25) is 9.69 Å². The molecule has 130 valence electrons. The van der Waals surface area contributed by atoms with E-state index in [1.54, 1.807) is 4.90 Å². The Morgan fingerprint density at radius 2 is 1.67 bits per heavy atom. The predicted octanol–water partition coefficient (Wildman–Crippen LogP) is 3.19. The van der Waals surface area contributed by atoms with E-state index in [1.807, 2.05) is 35.2 Å². The fourth-order valence-electron chi connectivity index (χ4n) is 3.55. The molecule has 24 heavy (non-hydrogen) atoms. The van der Waals surface area contributed by atoms with Crippen molar-refractivity contribution in [2.24, 2.45) is 0 Å². The molecule has 0 aromatic heterocycles. The van der Waals surface area contributed by atoms with Gasteiger partial charge in [-0.1, -0.05) is 43.2 Å². The molecule has 5 nitrogen and oxygen atoms in total. The van der Waals surface area contributed by atoms with E-state index in [9.17, 15) is 9.59 Å². The summed E-state index contributed by atoms with van der Waals surface area (Å²) in [5.74, 6) is 0.103. The maximum absolute atomic E-state index is 12.8. The van der Waals surface area contributed by atoms with Crippen LogP contribution in [0.1, 0.15) is 44.1 Å². The highest BCUT2D eigenvalue weighted by atomic mass is 16.6. The lowest BCUT2D eigenvalue weighted by Crippen LogP contribution is -2.48. The maximum Gasteiger partial charge on any atom is 0.410 e. The summed E-state index contributed by atoms with van der Waals surface area (Å²) in [4.78, 5) is 28.8. The fraction of sp³-hybridized carbons (Fsp3) is 0.579. The standard InChI is InChI=1S/C19H26N2O3/c22-18(20-12-6-1-2-7-13-20)17-11-8-14-21(17)19(23)24-15-16-9-4-3-5-10-16/h3-5,9-10,17H,1-2,6-8,11-15H2. The van der Waals surface area contributed by atoms with Crippen LogP contribution in [0, 0.1) is 0 Å². The van der Waals surface area contributed by atoms with Crippen LogP contribution in [0.5, 0.6) is 0 Å². The van der Waals surface area contributed by atoms with E-state index < -0.39 is 0 Å². The zero-order valence-electron chi connectivity index (χ0n) is 14.2. The van der Waals surface area contributed by atoms with Crippen LogP contribution >= 0.6 is 0 Å². The summed E-state index contributed by atoms with van der Waals surface area (Å²) in [5, 5.41) is 0. The van der Waals surface area contributed by atoms with Gasteiger partial charge in [0, 0.05) is 19.6 Å². The number of benzene rings is 1. The van der Waals surface area contributed by atoms with Gasteiger partial charge >= 0.3 is 6.09 Å². The van der Waals surface area contributed by atoms with Crippen molar-refractivity contribution in [3.63, 3.8) is 0 Å². The first kappa shape index (κ1) is 16.8. The number of amides is 2. The van der Waals surface area contributed by atoms with Crippen molar-refractivity contribution in [3.8, 4) is 0 Å². The molecule has 0 N–H and O–H groups in total. The molecule has 2 heterocycles. The highest BCUT2D eigenvalue weighted by Gasteiger charge is 2.37. The van der Waals surface area contributed by atoms with Crippen LogP contribution in [0.3, 0.4) is 0 Å². The van der Waals surface area contributed by atoms with E-state index in [0.717, 1.165) is 44.3 Å². The lowest BCUT2D eigenvalue weighted by molar-refractivity contribution is -0.135. The van der Waals surface area contributed by atoms with Crippen molar-refractivity contribution >= 4 is 12.0 Å². The summed E-state index contributed by atoms with van der Waals surface area (Å²) in [7, 11) is 0. The van der Waals surface area contributed by atoms with Crippen molar-refractivity contribution in [1.29, 1.82) is 0 Å². The normalized spacial score (nSPS) is 21.4. The Bertz CT molecular complexity index is 553. The SMILES string of the molecule is O=C(C1CCCN1C(=O)OCc1ccccc1)N1CCCCCC1. The fourth-order valence-corrected chi connectivity index (χ4v) is 3.55. The molecule has 0 aliphatic carbocycles. The predicted molar refractivity (Wildman–Crippen MR) is 91.4 cm³/mol. The van der Waals surface area contributed by atoms with Crippen molar-refractivity contribution in [1.82, 2.24) is 9.80 Å². The number of carbonyl (C=O) groups excluding carboxylic acids is 2. The number of rotatable bonds is 3. The van der Waals surface area contributed by atoms with Gasteiger partial charge in [-0.25, -0.2) is 4.79 Å². The lowest BCUT2D eigenvalue weighted by atomic mass is 10.2. The van der Waals surface area contributed by atoms with Gasteiger partial charge in [0.15, 0.2) is 0 Å². The van der Waals surface area contributed by atoms with Crippen molar-refractivity contribution < 1.29 is 14.3 Å². The maximum atomic E-state index is 12.8. The van der Waals surface area contributed by atoms with Crippen LogP contribution in [0.2, 0.25) is 0 Å². The molecule has 0 saturated carbocycles. The van der Waals surface area contributed by atoms with Gasteiger partial charge in [-0.2, -0.15) is 0 Å². The van der Waals surface area contributed by atoms with Gasteiger partial charge < -0.3 is 9.64 Å². The second-order valence-corrected chi connectivity index (χ2v) is 6.63. The van der Waals surface area contributed by atoms with Gasteiger partial charge in [0.1, 0.15) is 12.6 Å². The van der Waals surface area contributed by atoms with Crippen LogP contribution in [-0.2, 0) is 16.1 Å². The van der Waals surface area contributed by atoms with Crippen molar-refractivity contribution in [2.75, 3.05) is 19.6 Å². The molecule has 3 rings (SSSR count). The molecule has 1 unspecified atom stereocenters. The highest BCUT2D eigenvalue weighted by Crippen LogP contribution is 2.22. The number of likely N-dealkylation sites (tertiary alicyclic amines) is 2. The minimum Gasteiger partial charge on any atom is -0.445 e. The Hall–Kier alpha value is -2.04. The molecule has 0 spiro atoms. The molecule has 2 aliphatic heterocycles. The minimum absolute atomic E-state index is 0.103. The Morgan fingerprint density at radius 3 is 2.38 bits per heavy atom. The number of ether oxygens (including phenoxy) is 1. The van der Waals surface area contributed by atoms with Crippen LogP contribution in [0.25, 0.3) is 0 Å². The van der Waals surface area contributed by atoms with Crippen LogP contribution in [0.15, 0.2) is 30.3 Å². The molecule has 2 aliphatic rings. The summed E-state index contributed by atoms with van der Waals surface area (Å²) in [6, 6.07) is 9.29. The second-order valence-electron chi connectivity index (χ2n) is 6.63. The average molecular weight is 330 g/mol. The lowest BCUT2D eigenvalue weighted by Gasteiger charge is -2.29. The first-order chi connectivity index (χ1) is 11.8. The summed E-state index contributed by atoms with van der Waals surface area (Å²) < 4.78 is 5.42. The van der Waals surface area contributed by atoms with Gasteiger partial charge in [-0.15, -0.1) is 0 Å². The summed E-state index contributed by atoms with van der Waals surface area (Å²) >= 11 is 0. The molecule has 2 amide bonds. The molecule has 2 saturated heterocycles. The Balaban J connectivity index is 1.57. The molecule has 1 aromatic rings. The Labute approximate surface area is 143 Å². The molecular formula is C19H26N2O3. The molecule has 0 radical (unpaired) electrons. The van der Waals surface area contributed by atoms with E-state index in [0.29, 0.717) is 6.54 Å². The molecule has 2 fully saturated rings. The van der Waals surface area contributed by atoms with Gasteiger partial charge in [0.25, 0.3) is 0 Å². The topological polar surface area (TPSA) is 49.9 Å². The number of nitrogens with zero attached hydrogens (tertiary/aromatic N) is 2. The first-order valence-electron chi connectivity index (χ1n) is 9.02. The smallest absolute Gasteiger partial charge is 0.410 e. The number of hydrogen-bond donors (Lipinski definition) is 0. The van der Waals surface area contributed by atoms with Gasteiger partial charge in [-0.05, 0) is 31.2 Å². The molecule has 5 heteroatoms. The van der Waals surface area contributed by atoms with E-state index in [1.165, 1.54) is 12.8 Å². The van der Waals surface area contributed by atoms with Crippen LogP contribution in [-0.4, -0.2) is 47.5 Å². The van der Waals surface area contributed by atoms with Crippen LogP contribution in [0.4, 0.5) is 4.79 Å². The van der Waals surface area contributed by atoms with E-state index in [4.69, 9.17) is 4.74 Å². The zero-order chi connectivity index (χ0) is 16.8. The monoisotopic (exact) mass is 330 g/mol. The number of carbonyl (C=O) groups is 2. The molecule has 0 bridgehead atoms. The Morgan fingerprint density at radius 1 is 0.958 bits per heavy atom. The second kappa shape index (κ2) is 8.18. The number of hydrogen-bond acceptors (Lipinski definition) is 3. The minimum atomic E-state index is -0.371.